The van der Waals surface area contributed by atoms with Crippen molar-refractivity contribution in [3.8, 4) is 11.5 Å². The number of hydrogen-bond acceptors (Lipinski definition) is 3. The molecule has 1 aliphatic heterocycles. The van der Waals surface area contributed by atoms with Crippen molar-refractivity contribution in [2.75, 3.05) is 13.2 Å². The van der Waals surface area contributed by atoms with Crippen LogP contribution in [-0.4, -0.2) is 13.2 Å². The molecule has 4 heteroatoms. The van der Waals surface area contributed by atoms with Gasteiger partial charge in [0.05, 0.1) is 18.8 Å². The molecule has 0 spiro atoms. The first-order valence-electron chi connectivity index (χ1n) is 7.02. The fourth-order valence-electron chi connectivity index (χ4n) is 2.45. The Labute approximate surface area is 129 Å². The average Bonchev–Trinajstić information content (AvgIpc) is 2.72. The summed E-state index contributed by atoms with van der Waals surface area (Å²) >= 11 is 5.94. The molecular formula is C17H18ClNO2. The van der Waals surface area contributed by atoms with Gasteiger partial charge in [-0.3, -0.25) is 0 Å². The van der Waals surface area contributed by atoms with Crippen LogP contribution < -0.4 is 15.2 Å². The third kappa shape index (κ3) is 2.85. The Morgan fingerprint density at radius 1 is 0.952 bits per heavy atom. The van der Waals surface area contributed by atoms with Gasteiger partial charge in [-0.1, -0.05) is 29.8 Å². The van der Waals surface area contributed by atoms with Gasteiger partial charge in [-0.2, -0.15) is 0 Å². The van der Waals surface area contributed by atoms with Gasteiger partial charge in [0, 0.05) is 11.4 Å². The summed E-state index contributed by atoms with van der Waals surface area (Å²) in [5, 5.41) is 0.702. The summed E-state index contributed by atoms with van der Waals surface area (Å²) in [6, 6.07) is 13.5. The van der Waals surface area contributed by atoms with Crippen molar-refractivity contribution < 1.29 is 9.47 Å². The minimum Gasteiger partial charge on any atom is -0.490 e. The lowest BCUT2D eigenvalue weighted by Gasteiger charge is -2.26. The van der Waals surface area contributed by atoms with Gasteiger partial charge in [0.15, 0.2) is 11.5 Å². The molecule has 1 heterocycles. The summed E-state index contributed by atoms with van der Waals surface area (Å²) in [5.74, 6) is 1.54. The Morgan fingerprint density at radius 2 is 1.57 bits per heavy atom. The molecule has 2 N–H and O–H groups in total. The van der Waals surface area contributed by atoms with Crippen molar-refractivity contribution >= 4 is 11.6 Å². The Balaban J connectivity index is 1.98. The second-order valence-corrected chi connectivity index (χ2v) is 5.86. The zero-order valence-corrected chi connectivity index (χ0v) is 12.7. The fraction of sp³-hybridized carbons (Fsp3) is 0.294. The molecule has 1 aliphatic rings. The predicted molar refractivity (Wildman–Crippen MR) is 84.1 cm³/mol. The summed E-state index contributed by atoms with van der Waals surface area (Å²) < 4.78 is 11.4. The molecule has 21 heavy (non-hydrogen) atoms. The number of benzene rings is 2. The van der Waals surface area contributed by atoms with Crippen LogP contribution in [0.25, 0.3) is 0 Å². The van der Waals surface area contributed by atoms with Crippen LogP contribution >= 0.6 is 11.6 Å². The summed E-state index contributed by atoms with van der Waals surface area (Å²) in [5.41, 5.74) is 7.91. The first-order valence-corrected chi connectivity index (χ1v) is 7.40. The smallest absolute Gasteiger partial charge is 0.161 e. The van der Waals surface area contributed by atoms with Gasteiger partial charge in [-0.25, -0.2) is 0 Å². The topological polar surface area (TPSA) is 44.5 Å². The van der Waals surface area contributed by atoms with Crippen molar-refractivity contribution in [2.24, 2.45) is 5.73 Å². The minimum atomic E-state index is -0.616. The highest BCUT2D eigenvalue weighted by Crippen LogP contribution is 2.35. The maximum absolute atomic E-state index is 6.54. The molecule has 2 aromatic carbocycles. The van der Waals surface area contributed by atoms with Crippen molar-refractivity contribution in [3.05, 3.63) is 58.6 Å². The highest BCUT2D eigenvalue weighted by Gasteiger charge is 2.25. The van der Waals surface area contributed by atoms with E-state index in [0.29, 0.717) is 18.2 Å². The van der Waals surface area contributed by atoms with Crippen LogP contribution in [0.4, 0.5) is 0 Å². The lowest BCUT2D eigenvalue weighted by Crippen LogP contribution is -2.34. The maximum atomic E-state index is 6.54. The van der Waals surface area contributed by atoms with Crippen LogP contribution in [0, 0.1) is 0 Å². The van der Waals surface area contributed by atoms with Crippen LogP contribution in [0.5, 0.6) is 11.5 Å². The summed E-state index contributed by atoms with van der Waals surface area (Å²) in [6.07, 6.45) is 0.890. The number of halogens is 1. The molecule has 110 valence electrons. The molecule has 0 radical (unpaired) electrons. The van der Waals surface area contributed by atoms with E-state index in [1.54, 1.807) is 0 Å². The van der Waals surface area contributed by atoms with Crippen LogP contribution in [-0.2, 0) is 5.54 Å². The van der Waals surface area contributed by atoms with Crippen molar-refractivity contribution in [2.45, 2.75) is 18.9 Å². The van der Waals surface area contributed by atoms with E-state index in [1.165, 1.54) is 0 Å². The van der Waals surface area contributed by atoms with Gasteiger partial charge in [0.25, 0.3) is 0 Å². The number of rotatable bonds is 2. The molecule has 0 amide bonds. The van der Waals surface area contributed by atoms with Gasteiger partial charge >= 0.3 is 0 Å². The summed E-state index contributed by atoms with van der Waals surface area (Å²) in [7, 11) is 0. The van der Waals surface area contributed by atoms with E-state index in [0.717, 1.165) is 29.0 Å². The second kappa shape index (κ2) is 5.58. The molecule has 1 unspecified atom stereocenters. The maximum Gasteiger partial charge on any atom is 0.161 e. The van der Waals surface area contributed by atoms with E-state index < -0.39 is 5.54 Å². The number of fused-ring (bicyclic) bond motifs is 1. The number of nitrogens with two attached hydrogens (primary N) is 1. The first-order chi connectivity index (χ1) is 10.1. The van der Waals surface area contributed by atoms with Crippen molar-refractivity contribution in [1.29, 1.82) is 0 Å². The highest BCUT2D eigenvalue weighted by molar-refractivity contribution is 6.30. The van der Waals surface area contributed by atoms with E-state index in [2.05, 4.69) is 0 Å². The van der Waals surface area contributed by atoms with Crippen LogP contribution in [0.3, 0.4) is 0 Å². The lowest BCUT2D eigenvalue weighted by molar-refractivity contribution is 0.297. The van der Waals surface area contributed by atoms with Crippen LogP contribution in [0.15, 0.2) is 42.5 Å². The van der Waals surface area contributed by atoms with Gasteiger partial charge in [-0.15, -0.1) is 0 Å². The Bertz CT molecular complexity index is 638. The third-order valence-electron chi connectivity index (χ3n) is 3.79. The summed E-state index contributed by atoms with van der Waals surface area (Å²) in [6.45, 7) is 3.33. The van der Waals surface area contributed by atoms with E-state index in [4.69, 9.17) is 26.8 Å². The monoisotopic (exact) mass is 303 g/mol. The van der Waals surface area contributed by atoms with Gasteiger partial charge < -0.3 is 15.2 Å². The van der Waals surface area contributed by atoms with E-state index in [-0.39, 0.29) is 0 Å². The largest absolute Gasteiger partial charge is 0.490 e. The molecular weight excluding hydrogens is 286 g/mol. The average molecular weight is 304 g/mol. The first kappa shape index (κ1) is 14.2. The molecule has 3 rings (SSSR count). The summed E-state index contributed by atoms with van der Waals surface area (Å²) in [4.78, 5) is 0. The molecule has 0 bridgehead atoms. The highest BCUT2D eigenvalue weighted by atomic mass is 35.5. The molecule has 2 aromatic rings. The molecule has 0 saturated carbocycles. The SMILES string of the molecule is CC(N)(c1ccc(Cl)cc1)c1ccc2c(c1)OCCCO2. The zero-order chi connectivity index (χ0) is 14.9. The standard InChI is InChI=1S/C17H18ClNO2/c1-17(19,12-3-6-14(18)7-4-12)13-5-8-15-16(11-13)21-10-2-9-20-15/h3-8,11H,2,9-10,19H2,1H3. The quantitative estimate of drug-likeness (QED) is 0.919. The second-order valence-electron chi connectivity index (χ2n) is 5.42. The lowest BCUT2D eigenvalue weighted by atomic mass is 9.85. The van der Waals surface area contributed by atoms with E-state index >= 15 is 0 Å². The molecule has 3 nitrogen and oxygen atoms in total. The Hall–Kier alpha value is -1.71. The third-order valence-corrected chi connectivity index (χ3v) is 4.04. The predicted octanol–water partition coefficient (Wildman–Crippen LogP) is 3.72. The molecule has 0 fully saturated rings. The normalized spacial score (nSPS) is 16.9. The van der Waals surface area contributed by atoms with Crippen LogP contribution in [0.2, 0.25) is 5.02 Å². The van der Waals surface area contributed by atoms with Gasteiger partial charge in [-0.05, 0) is 42.3 Å². The van der Waals surface area contributed by atoms with Crippen molar-refractivity contribution in [3.63, 3.8) is 0 Å². The van der Waals surface area contributed by atoms with E-state index in [9.17, 15) is 0 Å². The number of ether oxygens (including phenoxy) is 2. The Morgan fingerprint density at radius 3 is 2.29 bits per heavy atom. The van der Waals surface area contributed by atoms with Gasteiger partial charge in [0.1, 0.15) is 0 Å². The molecule has 0 saturated heterocycles. The van der Waals surface area contributed by atoms with Gasteiger partial charge in [0.2, 0.25) is 0 Å². The van der Waals surface area contributed by atoms with Crippen LogP contribution in [0.1, 0.15) is 24.5 Å². The molecule has 0 aliphatic carbocycles. The molecule has 1 atom stereocenters. The fourth-order valence-corrected chi connectivity index (χ4v) is 2.58. The Kier molecular flexibility index (Phi) is 3.79. The van der Waals surface area contributed by atoms with E-state index in [1.807, 2.05) is 49.4 Å². The zero-order valence-electron chi connectivity index (χ0n) is 11.9. The minimum absolute atomic E-state index is 0.616. The number of hydrogen-bond donors (Lipinski definition) is 1. The molecule has 0 aromatic heterocycles. The van der Waals surface area contributed by atoms with Crippen molar-refractivity contribution in [1.82, 2.24) is 0 Å².